The van der Waals surface area contributed by atoms with E-state index in [1.165, 1.54) is 103 Å². The van der Waals surface area contributed by atoms with Crippen molar-refractivity contribution in [3.8, 4) is 0 Å². The molecule has 0 saturated heterocycles. The zero-order chi connectivity index (χ0) is 36.0. The van der Waals surface area contributed by atoms with Crippen molar-refractivity contribution in [3.05, 3.63) is 6.42 Å². The van der Waals surface area contributed by atoms with E-state index in [-0.39, 0.29) is 30.6 Å². The molecule has 0 aromatic carbocycles. The molecule has 1 radical (unpaired) electrons. The Bertz CT molecular complexity index is 683. The molecule has 0 aromatic rings. The highest BCUT2D eigenvalue weighted by Crippen LogP contribution is 2.17. The first-order valence-corrected chi connectivity index (χ1v) is 21.0. The minimum atomic E-state index is -0.368. The van der Waals surface area contributed by atoms with Crippen molar-refractivity contribution in [2.24, 2.45) is 5.92 Å². The quantitative estimate of drug-likeness (QED) is 0.0360. The summed E-state index contributed by atoms with van der Waals surface area (Å²) >= 11 is 0. The van der Waals surface area contributed by atoms with Crippen LogP contribution >= 0.6 is 0 Å². The Kier molecular flexibility index (Phi) is 37.1. The summed E-state index contributed by atoms with van der Waals surface area (Å²) in [4.78, 5) is 27.7. The van der Waals surface area contributed by atoms with Crippen LogP contribution in [0.4, 0.5) is 0 Å². The fourth-order valence-corrected chi connectivity index (χ4v) is 6.08. The molecule has 0 aliphatic heterocycles. The second-order valence-electron chi connectivity index (χ2n) is 14.1. The SMILES string of the molecule is C[CH]CCCCCCCCCC(COC(=O)CCCN(CC)CC)COC(=O)CCC(OCCCCCCCC)OCCCCCCCC. The van der Waals surface area contributed by atoms with Crippen molar-refractivity contribution in [3.63, 3.8) is 0 Å². The highest BCUT2D eigenvalue weighted by Gasteiger charge is 2.18. The van der Waals surface area contributed by atoms with Gasteiger partial charge in [0.25, 0.3) is 0 Å². The van der Waals surface area contributed by atoms with Gasteiger partial charge < -0.3 is 23.8 Å². The maximum absolute atomic E-state index is 12.9. The Hall–Kier alpha value is -1.18. The molecule has 0 saturated carbocycles. The lowest BCUT2D eigenvalue weighted by molar-refractivity contribution is -0.161. The third-order valence-electron chi connectivity index (χ3n) is 9.50. The van der Waals surface area contributed by atoms with E-state index in [4.69, 9.17) is 18.9 Å². The standard InChI is InChI=1S/C42H82NO6/c1-6-11-14-17-20-21-22-23-26-30-39(37-48-40(44)31-29-34-43(9-4)10-5)38-49-41(45)32-33-42(46-35-27-24-18-15-12-7-2)47-36-28-25-19-16-13-8-3/h6,39,42H,7-38H2,1-5H3. The van der Waals surface area contributed by atoms with Crippen molar-refractivity contribution < 1.29 is 28.5 Å². The van der Waals surface area contributed by atoms with Gasteiger partial charge in [0.15, 0.2) is 6.29 Å². The summed E-state index contributed by atoms with van der Waals surface area (Å²) in [6.45, 7) is 15.7. The van der Waals surface area contributed by atoms with Crippen LogP contribution in [0.25, 0.3) is 0 Å². The zero-order valence-electron chi connectivity index (χ0n) is 33.3. The monoisotopic (exact) mass is 697 g/mol. The van der Waals surface area contributed by atoms with E-state index in [9.17, 15) is 9.59 Å². The lowest BCUT2D eigenvalue weighted by Gasteiger charge is -2.20. The third-order valence-corrected chi connectivity index (χ3v) is 9.50. The molecule has 1 atom stereocenters. The summed E-state index contributed by atoms with van der Waals surface area (Å²) in [5, 5.41) is 0. The molecule has 0 heterocycles. The summed E-state index contributed by atoms with van der Waals surface area (Å²) in [7, 11) is 0. The summed E-state index contributed by atoms with van der Waals surface area (Å²) in [5.74, 6) is -0.351. The van der Waals surface area contributed by atoms with E-state index in [0.717, 1.165) is 58.2 Å². The predicted octanol–water partition coefficient (Wildman–Crippen LogP) is 11.4. The lowest BCUT2D eigenvalue weighted by atomic mass is 10.0. The Labute approximate surface area is 304 Å². The molecule has 0 bridgehead atoms. The van der Waals surface area contributed by atoms with E-state index >= 15 is 0 Å². The number of ether oxygens (including phenoxy) is 4. The Morgan fingerprint density at radius 3 is 1.53 bits per heavy atom. The van der Waals surface area contributed by atoms with Gasteiger partial charge in [-0.25, -0.2) is 0 Å². The molecule has 7 nitrogen and oxygen atoms in total. The highest BCUT2D eigenvalue weighted by atomic mass is 16.7. The molecule has 7 heteroatoms. The van der Waals surface area contributed by atoms with Crippen LogP contribution in [0, 0.1) is 12.3 Å². The van der Waals surface area contributed by atoms with Gasteiger partial charge in [-0.15, -0.1) is 0 Å². The van der Waals surface area contributed by atoms with Gasteiger partial charge in [-0.1, -0.05) is 150 Å². The van der Waals surface area contributed by atoms with Crippen molar-refractivity contribution in [2.75, 3.05) is 46.1 Å². The number of nitrogens with zero attached hydrogens (tertiary/aromatic N) is 1. The first-order valence-electron chi connectivity index (χ1n) is 21.0. The first kappa shape index (κ1) is 47.8. The Balaban J connectivity index is 4.76. The fraction of sp³-hybridized carbons (Fsp3) is 0.929. The molecule has 0 amide bonds. The molecular weight excluding hydrogens is 614 g/mol. The second-order valence-corrected chi connectivity index (χ2v) is 14.1. The smallest absolute Gasteiger partial charge is 0.305 e. The number of carbonyl (C=O) groups is 2. The maximum atomic E-state index is 12.9. The molecule has 0 aromatic heterocycles. The van der Waals surface area contributed by atoms with E-state index in [2.05, 4.69) is 45.9 Å². The third kappa shape index (κ3) is 33.7. The molecule has 291 valence electrons. The van der Waals surface area contributed by atoms with Crippen LogP contribution < -0.4 is 0 Å². The highest BCUT2D eigenvalue weighted by molar-refractivity contribution is 5.69. The predicted molar refractivity (Wildman–Crippen MR) is 206 cm³/mol. The van der Waals surface area contributed by atoms with Gasteiger partial charge in [0, 0.05) is 32.0 Å². The summed E-state index contributed by atoms with van der Waals surface area (Å²) in [6.07, 6.45) is 29.2. The van der Waals surface area contributed by atoms with Crippen LogP contribution in [0.2, 0.25) is 0 Å². The van der Waals surface area contributed by atoms with Crippen LogP contribution in [0.15, 0.2) is 0 Å². The average Bonchev–Trinajstić information content (AvgIpc) is 3.11. The molecule has 0 fully saturated rings. The van der Waals surface area contributed by atoms with Crippen LogP contribution in [-0.4, -0.2) is 69.2 Å². The average molecular weight is 697 g/mol. The van der Waals surface area contributed by atoms with Crippen LogP contribution in [0.1, 0.15) is 195 Å². The van der Waals surface area contributed by atoms with Crippen LogP contribution in [-0.2, 0) is 28.5 Å². The second kappa shape index (κ2) is 38.1. The number of hydrogen-bond donors (Lipinski definition) is 0. The van der Waals surface area contributed by atoms with Gasteiger partial charge in [0.1, 0.15) is 0 Å². The fourth-order valence-electron chi connectivity index (χ4n) is 6.08. The number of unbranched alkanes of at least 4 members (excludes halogenated alkanes) is 18. The molecule has 0 aliphatic rings. The van der Waals surface area contributed by atoms with E-state index in [1.54, 1.807) is 0 Å². The van der Waals surface area contributed by atoms with Gasteiger partial charge in [0.2, 0.25) is 0 Å². The van der Waals surface area contributed by atoms with Crippen molar-refractivity contribution in [1.29, 1.82) is 0 Å². The minimum Gasteiger partial charge on any atom is -0.465 e. The van der Waals surface area contributed by atoms with Gasteiger partial charge in [-0.3, -0.25) is 9.59 Å². The van der Waals surface area contributed by atoms with Crippen molar-refractivity contribution in [1.82, 2.24) is 4.90 Å². The minimum absolute atomic E-state index is 0.0273. The molecule has 0 rings (SSSR count). The number of carbonyl (C=O) groups excluding carboxylic acids is 2. The maximum Gasteiger partial charge on any atom is 0.305 e. The largest absolute Gasteiger partial charge is 0.465 e. The van der Waals surface area contributed by atoms with Gasteiger partial charge >= 0.3 is 11.9 Å². The normalized spacial score (nSPS) is 12.2. The number of hydrogen-bond acceptors (Lipinski definition) is 7. The topological polar surface area (TPSA) is 74.3 Å². The Morgan fingerprint density at radius 2 is 1.02 bits per heavy atom. The molecular formula is C42H82NO6. The van der Waals surface area contributed by atoms with Crippen molar-refractivity contribution in [2.45, 2.75) is 201 Å². The lowest BCUT2D eigenvalue weighted by Crippen LogP contribution is -2.25. The number of rotatable bonds is 39. The molecule has 0 spiro atoms. The zero-order valence-corrected chi connectivity index (χ0v) is 33.3. The van der Waals surface area contributed by atoms with E-state index in [0.29, 0.717) is 39.3 Å². The number of esters is 2. The Morgan fingerprint density at radius 1 is 0.551 bits per heavy atom. The molecule has 0 N–H and O–H groups in total. The summed E-state index contributed by atoms with van der Waals surface area (Å²) in [5.41, 5.74) is 0. The molecule has 1 unspecified atom stereocenters. The van der Waals surface area contributed by atoms with Crippen molar-refractivity contribution >= 4 is 11.9 Å². The molecule has 0 aliphatic carbocycles. The summed E-state index contributed by atoms with van der Waals surface area (Å²) < 4.78 is 23.7. The van der Waals surface area contributed by atoms with Gasteiger partial charge in [-0.2, -0.15) is 0 Å². The van der Waals surface area contributed by atoms with Crippen LogP contribution in [0.3, 0.4) is 0 Å². The van der Waals surface area contributed by atoms with E-state index < -0.39 is 0 Å². The van der Waals surface area contributed by atoms with E-state index in [1.807, 2.05) is 0 Å². The summed E-state index contributed by atoms with van der Waals surface area (Å²) in [6, 6.07) is 0. The van der Waals surface area contributed by atoms with Gasteiger partial charge in [-0.05, 0) is 51.7 Å². The van der Waals surface area contributed by atoms with Gasteiger partial charge in [0.05, 0.1) is 19.6 Å². The molecule has 49 heavy (non-hydrogen) atoms. The van der Waals surface area contributed by atoms with Crippen LogP contribution in [0.5, 0.6) is 0 Å². The first-order chi connectivity index (χ1) is 24.0.